The second-order valence-corrected chi connectivity index (χ2v) is 6.31. The van der Waals surface area contributed by atoms with E-state index in [1.807, 2.05) is 48.7 Å². The van der Waals surface area contributed by atoms with Crippen molar-refractivity contribution < 1.29 is 19.4 Å². The third kappa shape index (κ3) is 2.99. The zero-order valence-electron chi connectivity index (χ0n) is 14.7. The number of benzene rings is 1. The third-order valence-corrected chi connectivity index (χ3v) is 4.79. The van der Waals surface area contributed by atoms with Gasteiger partial charge < -0.3 is 19.3 Å². The molecule has 0 radical (unpaired) electrons. The second kappa shape index (κ2) is 6.63. The molecule has 2 aromatic rings. The van der Waals surface area contributed by atoms with E-state index in [2.05, 4.69) is 0 Å². The standard InChI is InChI=1S/C19H22N2O4/c1-12-11-16(18(22)20-10-4-5-17(20)19(23)24)13(2)21(12)14-6-8-15(25-3)9-7-14/h6-9,11,17H,4-5,10H2,1-3H3,(H,23,24)/t17-/m0/s1. The molecule has 132 valence electrons. The molecule has 0 bridgehead atoms. The van der Waals surface area contributed by atoms with Gasteiger partial charge in [0.1, 0.15) is 11.8 Å². The van der Waals surface area contributed by atoms with E-state index in [1.165, 1.54) is 4.90 Å². The van der Waals surface area contributed by atoms with E-state index in [0.29, 0.717) is 18.5 Å². The molecule has 1 atom stereocenters. The molecule has 2 heterocycles. The van der Waals surface area contributed by atoms with Crippen LogP contribution in [0.2, 0.25) is 0 Å². The SMILES string of the molecule is COc1ccc(-n2c(C)cc(C(=O)N3CCC[C@H]3C(=O)O)c2C)cc1. The van der Waals surface area contributed by atoms with Gasteiger partial charge in [0.05, 0.1) is 12.7 Å². The van der Waals surface area contributed by atoms with Gasteiger partial charge in [0.25, 0.3) is 5.91 Å². The molecule has 1 saturated heterocycles. The van der Waals surface area contributed by atoms with E-state index in [-0.39, 0.29) is 5.91 Å². The van der Waals surface area contributed by atoms with Crippen LogP contribution in [-0.2, 0) is 4.79 Å². The Kier molecular flexibility index (Phi) is 4.53. The van der Waals surface area contributed by atoms with Gasteiger partial charge >= 0.3 is 5.97 Å². The van der Waals surface area contributed by atoms with Gasteiger partial charge in [-0.1, -0.05) is 0 Å². The number of likely N-dealkylation sites (tertiary alicyclic amines) is 1. The largest absolute Gasteiger partial charge is 0.497 e. The number of carboxylic acid groups (broad SMARTS) is 1. The Hall–Kier alpha value is -2.76. The van der Waals surface area contributed by atoms with Crippen molar-refractivity contribution in [2.45, 2.75) is 32.7 Å². The van der Waals surface area contributed by atoms with Crippen LogP contribution >= 0.6 is 0 Å². The Morgan fingerprint density at radius 3 is 2.48 bits per heavy atom. The van der Waals surface area contributed by atoms with Crippen LogP contribution in [0.4, 0.5) is 0 Å². The van der Waals surface area contributed by atoms with Crippen LogP contribution in [0.5, 0.6) is 5.75 Å². The van der Waals surface area contributed by atoms with Crippen molar-refractivity contribution in [2.75, 3.05) is 13.7 Å². The summed E-state index contributed by atoms with van der Waals surface area (Å²) < 4.78 is 7.18. The zero-order valence-corrected chi connectivity index (χ0v) is 14.7. The molecule has 1 aromatic carbocycles. The molecule has 3 rings (SSSR count). The highest BCUT2D eigenvalue weighted by Crippen LogP contribution is 2.26. The van der Waals surface area contributed by atoms with Gasteiger partial charge in [0.2, 0.25) is 0 Å². The first kappa shape index (κ1) is 17.1. The minimum absolute atomic E-state index is 0.210. The fraction of sp³-hybridized carbons (Fsp3) is 0.368. The summed E-state index contributed by atoms with van der Waals surface area (Å²) in [5.41, 5.74) is 3.23. The molecule has 1 aromatic heterocycles. The molecule has 0 aliphatic carbocycles. The lowest BCUT2D eigenvalue weighted by Crippen LogP contribution is -2.40. The molecule has 6 nitrogen and oxygen atoms in total. The molecule has 0 saturated carbocycles. The van der Waals surface area contributed by atoms with E-state index >= 15 is 0 Å². The van der Waals surface area contributed by atoms with E-state index in [0.717, 1.165) is 29.2 Å². The number of aliphatic carboxylic acids is 1. The molecule has 25 heavy (non-hydrogen) atoms. The number of rotatable bonds is 4. The molecule has 1 aliphatic heterocycles. The van der Waals surface area contributed by atoms with Crippen LogP contribution in [0.3, 0.4) is 0 Å². The maximum atomic E-state index is 12.9. The third-order valence-electron chi connectivity index (χ3n) is 4.79. The molecule has 1 amide bonds. The van der Waals surface area contributed by atoms with Gasteiger partial charge in [-0.05, 0) is 57.0 Å². The Labute approximate surface area is 146 Å². The molecule has 0 spiro atoms. The number of hydrogen-bond donors (Lipinski definition) is 1. The minimum atomic E-state index is -0.935. The number of aryl methyl sites for hydroxylation is 1. The number of hydrogen-bond acceptors (Lipinski definition) is 3. The summed E-state index contributed by atoms with van der Waals surface area (Å²) in [5.74, 6) is -0.378. The van der Waals surface area contributed by atoms with Crippen molar-refractivity contribution in [2.24, 2.45) is 0 Å². The van der Waals surface area contributed by atoms with E-state index < -0.39 is 12.0 Å². The quantitative estimate of drug-likeness (QED) is 0.927. The van der Waals surface area contributed by atoms with Gasteiger partial charge in [-0.15, -0.1) is 0 Å². The molecule has 0 unspecified atom stereocenters. The number of amides is 1. The average molecular weight is 342 g/mol. The van der Waals surface area contributed by atoms with Gasteiger partial charge in [0.15, 0.2) is 0 Å². The lowest BCUT2D eigenvalue weighted by molar-refractivity contribution is -0.141. The molecule has 6 heteroatoms. The predicted molar refractivity (Wildman–Crippen MR) is 93.5 cm³/mol. The number of methoxy groups -OCH3 is 1. The van der Waals surface area contributed by atoms with Crippen LogP contribution in [0.15, 0.2) is 30.3 Å². The van der Waals surface area contributed by atoms with Crippen molar-refractivity contribution in [3.63, 3.8) is 0 Å². The summed E-state index contributed by atoms with van der Waals surface area (Å²) in [6.07, 6.45) is 1.23. The van der Waals surface area contributed by atoms with E-state index in [4.69, 9.17) is 4.74 Å². The molecule has 1 N–H and O–H groups in total. The Balaban J connectivity index is 1.96. The number of carbonyl (C=O) groups is 2. The smallest absolute Gasteiger partial charge is 0.326 e. The van der Waals surface area contributed by atoms with Crippen molar-refractivity contribution >= 4 is 11.9 Å². The topological polar surface area (TPSA) is 71.8 Å². The summed E-state index contributed by atoms with van der Waals surface area (Å²) in [6.45, 7) is 4.31. The number of carbonyl (C=O) groups excluding carboxylic acids is 1. The Morgan fingerprint density at radius 1 is 1.20 bits per heavy atom. The molecular weight excluding hydrogens is 320 g/mol. The minimum Gasteiger partial charge on any atom is -0.497 e. The highest BCUT2D eigenvalue weighted by Gasteiger charge is 2.35. The van der Waals surface area contributed by atoms with E-state index in [9.17, 15) is 14.7 Å². The van der Waals surface area contributed by atoms with Crippen LogP contribution in [0, 0.1) is 13.8 Å². The van der Waals surface area contributed by atoms with Crippen LogP contribution in [-0.4, -0.2) is 46.1 Å². The lowest BCUT2D eigenvalue weighted by Gasteiger charge is -2.21. The second-order valence-electron chi connectivity index (χ2n) is 6.31. The summed E-state index contributed by atoms with van der Waals surface area (Å²) in [7, 11) is 1.62. The number of nitrogens with zero attached hydrogens (tertiary/aromatic N) is 2. The first-order chi connectivity index (χ1) is 11.9. The molecular formula is C19H22N2O4. The summed E-state index contributed by atoms with van der Waals surface area (Å²) in [5, 5.41) is 9.32. The van der Waals surface area contributed by atoms with E-state index in [1.54, 1.807) is 7.11 Å². The van der Waals surface area contributed by atoms with Crippen molar-refractivity contribution in [3.05, 3.63) is 47.3 Å². The zero-order chi connectivity index (χ0) is 18.1. The Bertz CT molecular complexity index is 808. The highest BCUT2D eigenvalue weighted by molar-refractivity contribution is 5.98. The van der Waals surface area contributed by atoms with Crippen LogP contribution in [0.1, 0.15) is 34.6 Å². The lowest BCUT2D eigenvalue weighted by atomic mass is 10.2. The molecule has 1 fully saturated rings. The summed E-state index contributed by atoms with van der Waals surface area (Å²) >= 11 is 0. The van der Waals surface area contributed by atoms with Crippen molar-refractivity contribution in [3.8, 4) is 11.4 Å². The number of aromatic nitrogens is 1. The summed E-state index contributed by atoms with van der Waals surface area (Å²) in [4.78, 5) is 25.8. The number of ether oxygens (including phenoxy) is 1. The fourth-order valence-corrected chi connectivity index (χ4v) is 3.53. The summed E-state index contributed by atoms with van der Waals surface area (Å²) in [6, 6.07) is 8.72. The maximum absolute atomic E-state index is 12.9. The van der Waals surface area contributed by atoms with Crippen molar-refractivity contribution in [1.29, 1.82) is 0 Å². The average Bonchev–Trinajstić information content (AvgIpc) is 3.19. The van der Waals surface area contributed by atoms with Gasteiger partial charge in [-0.2, -0.15) is 0 Å². The van der Waals surface area contributed by atoms with Gasteiger partial charge in [-0.3, -0.25) is 4.79 Å². The molecule has 1 aliphatic rings. The first-order valence-electron chi connectivity index (χ1n) is 8.31. The first-order valence-corrected chi connectivity index (χ1v) is 8.31. The highest BCUT2D eigenvalue weighted by atomic mass is 16.5. The Morgan fingerprint density at radius 2 is 1.88 bits per heavy atom. The number of carboxylic acids is 1. The predicted octanol–water partition coefficient (Wildman–Crippen LogP) is 2.79. The van der Waals surface area contributed by atoms with Gasteiger partial charge in [-0.25, -0.2) is 4.79 Å². The van der Waals surface area contributed by atoms with Gasteiger partial charge in [0, 0.05) is 23.6 Å². The van der Waals surface area contributed by atoms with Crippen LogP contribution < -0.4 is 4.74 Å². The van der Waals surface area contributed by atoms with Crippen LogP contribution in [0.25, 0.3) is 5.69 Å². The normalized spacial score (nSPS) is 16.9. The monoisotopic (exact) mass is 342 g/mol. The fourth-order valence-electron chi connectivity index (χ4n) is 3.53. The maximum Gasteiger partial charge on any atom is 0.326 e. The van der Waals surface area contributed by atoms with Crippen molar-refractivity contribution in [1.82, 2.24) is 9.47 Å².